The number of hydrogen-bond donors (Lipinski definition) is 2. The molecule has 28 heavy (non-hydrogen) atoms. The summed E-state index contributed by atoms with van der Waals surface area (Å²) in [5.41, 5.74) is 4.38. The van der Waals surface area contributed by atoms with Crippen molar-refractivity contribution in [3.05, 3.63) is 41.3 Å². The van der Waals surface area contributed by atoms with Gasteiger partial charge in [-0.2, -0.15) is 5.10 Å². The SMILES string of the molecule is Cc1[nH]nc2cnc3ccc(-c4nc(NC5CCOCC5)ncc4Cl)cc3c12. The van der Waals surface area contributed by atoms with Crippen LogP contribution in [-0.2, 0) is 4.74 Å². The summed E-state index contributed by atoms with van der Waals surface area (Å²) in [6, 6.07) is 6.36. The molecule has 2 N–H and O–H groups in total. The molecule has 0 spiro atoms. The average molecular weight is 395 g/mol. The van der Waals surface area contributed by atoms with Crippen LogP contribution < -0.4 is 5.32 Å². The van der Waals surface area contributed by atoms with Crippen molar-refractivity contribution >= 4 is 39.4 Å². The number of aromatic nitrogens is 5. The highest BCUT2D eigenvalue weighted by Crippen LogP contribution is 2.32. The summed E-state index contributed by atoms with van der Waals surface area (Å²) in [5, 5.41) is 13.3. The molecule has 1 aromatic carbocycles. The lowest BCUT2D eigenvalue weighted by molar-refractivity contribution is 0.0903. The first-order valence-corrected chi connectivity index (χ1v) is 9.67. The van der Waals surface area contributed by atoms with Gasteiger partial charge in [0.1, 0.15) is 5.52 Å². The predicted molar refractivity (Wildman–Crippen MR) is 110 cm³/mol. The molecular formula is C20H19ClN6O. The molecule has 0 atom stereocenters. The zero-order valence-electron chi connectivity index (χ0n) is 15.4. The van der Waals surface area contributed by atoms with Gasteiger partial charge in [0.25, 0.3) is 0 Å². The second kappa shape index (κ2) is 7.00. The Morgan fingerprint density at radius 3 is 2.86 bits per heavy atom. The van der Waals surface area contributed by atoms with Gasteiger partial charge < -0.3 is 10.1 Å². The fourth-order valence-corrected chi connectivity index (χ4v) is 3.87. The van der Waals surface area contributed by atoms with Crippen molar-refractivity contribution in [1.82, 2.24) is 25.1 Å². The van der Waals surface area contributed by atoms with Crippen LogP contribution >= 0.6 is 11.6 Å². The van der Waals surface area contributed by atoms with Crippen LogP contribution in [0.5, 0.6) is 0 Å². The topological polar surface area (TPSA) is 88.6 Å². The number of benzene rings is 1. The zero-order chi connectivity index (χ0) is 19.1. The molecule has 0 unspecified atom stereocenters. The standard InChI is InChI=1S/C20H19ClN6O/c1-11-18-14-8-12(2-3-16(14)22-10-17(18)27-26-11)19-15(21)9-23-20(25-19)24-13-4-6-28-7-5-13/h2-3,8-10,13H,4-7H2,1H3,(H,26,27)(H,23,24,25). The van der Waals surface area contributed by atoms with Crippen molar-refractivity contribution in [1.29, 1.82) is 0 Å². The average Bonchev–Trinajstić information content (AvgIpc) is 3.11. The number of hydrogen-bond acceptors (Lipinski definition) is 6. The molecule has 1 aliphatic heterocycles. The van der Waals surface area contributed by atoms with Crippen LogP contribution in [0.3, 0.4) is 0 Å². The largest absolute Gasteiger partial charge is 0.381 e. The van der Waals surface area contributed by atoms with E-state index in [1.165, 1.54) is 0 Å². The number of halogens is 1. The Morgan fingerprint density at radius 1 is 1.14 bits per heavy atom. The summed E-state index contributed by atoms with van der Waals surface area (Å²) in [6.45, 7) is 3.53. The smallest absolute Gasteiger partial charge is 0.223 e. The molecule has 0 amide bonds. The Labute approximate surface area is 166 Å². The highest BCUT2D eigenvalue weighted by atomic mass is 35.5. The molecule has 0 aliphatic carbocycles. The van der Waals surface area contributed by atoms with Gasteiger partial charge in [-0.3, -0.25) is 10.1 Å². The monoisotopic (exact) mass is 394 g/mol. The number of aromatic amines is 1. The first-order valence-electron chi connectivity index (χ1n) is 9.29. The number of fused-ring (bicyclic) bond motifs is 3. The van der Waals surface area contributed by atoms with Crippen molar-refractivity contribution in [2.24, 2.45) is 0 Å². The number of pyridine rings is 1. The fraction of sp³-hybridized carbons (Fsp3) is 0.300. The highest BCUT2D eigenvalue weighted by molar-refractivity contribution is 6.33. The van der Waals surface area contributed by atoms with Crippen LogP contribution in [0, 0.1) is 6.92 Å². The molecule has 4 heterocycles. The van der Waals surface area contributed by atoms with E-state index in [1.807, 2.05) is 19.1 Å². The van der Waals surface area contributed by atoms with Crippen LogP contribution in [-0.4, -0.2) is 44.4 Å². The van der Waals surface area contributed by atoms with Gasteiger partial charge in [0, 0.05) is 41.3 Å². The lowest BCUT2D eigenvalue weighted by Crippen LogP contribution is -2.28. The van der Waals surface area contributed by atoms with Crippen LogP contribution in [0.4, 0.5) is 5.95 Å². The minimum atomic E-state index is 0.316. The van der Waals surface area contributed by atoms with Crippen LogP contribution in [0.2, 0.25) is 5.02 Å². The van der Waals surface area contributed by atoms with Gasteiger partial charge in [-0.05, 0) is 31.9 Å². The predicted octanol–water partition coefficient (Wildman–Crippen LogP) is 4.12. The highest BCUT2D eigenvalue weighted by Gasteiger charge is 2.16. The van der Waals surface area contributed by atoms with Crippen LogP contribution in [0.15, 0.2) is 30.6 Å². The maximum Gasteiger partial charge on any atom is 0.223 e. The Balaban J connectivity index is 1.58. The van der Waals surface area contributed by atoms with E-state index in [4.69, 9.17) is 21.3 Å². The number of nitrogens with one attached hydrogen (secondary N) is 2. The van der Waals surface area contributed by atoms with Crippen LogP contribution in [0.1, 0.15) is 18.5 Å². The van der Waals surface area contributed by atoms with Crippen LogP contribution in [0.25, 0.3) is 33.1 Å². The molecule has 0 radical (unpaired) electrons. The quantitative estimate of drug-likeness (QED) is 0.543. The van der Waals surface area contributed by atoms with E-state index in [0.29, 0.717) is 22.7 Å². The minimum absolute atomic E-state index is 0.316. The Bertz CT molecular complexity index is 1170. The molecule has 0 bridgehead atoms. The Kier molecular flexibility index (Phi) is 4.33. The first-order chi connectivity index (χ1) is 13.7. The second-order valence-electron chi connectivity index (χ2n) is 7.02. The molecule has 1 fully saturated rings. The lowest BCUT2D eigenvalue weighted by Gasteiger charge is -2.23. The molecule has 7 nitrogen and oxygen atoms in total. The summed E-state index contributed by atoms with van der Waals surface area (Å²) in [7, 11) is 0. The number of aryl methyl sites for hydroxylation is 1. The molecule has 5 rings (SSSR count). The summed E-state index contributed by atoms with van der Waals surface area (Å²) < 4.78 is 5.41. The lowest BCUT2D eigenvalue weighted by atomic mass is 10.0. The zero-order valence-corrected chi connectivity index (χ0v) is 16.1. The van der Waals surface area contributed by atoms with Gasteiger partial charge in [-0.15, -0.1) is 0 Å². The summed E-state index contributed by atoms with van der Waals surface area (Å²) in [6.07, 6.45) is 5.33. The van der Waals surface area contributed by atoms with Gasteiger partial charge in [-0.25, -0.2) is 9.97 Å². The summed E-state index contributed by atoms with van der Waals surface area (Å²) >= 11 is 6.45. The summed E-state index contributed by atoms with van der Waals surface area (Å²) in [4.78, 5) is 13.6. The van der Waals surface area contributed by atoms with Crippen molar-refractivity contribution in [3.63, 3.8) is 0 Å². The van der Waals surface area contributed by atoms with E-state index >= 15 is 0 Å². The van der Waals surface area contributed by atoms with Crippen molar-refractivity contribution < 1.29 is 4.74 Å². The second-order valence-corrected chi connectivity index (χ2v) is 7.43. The number of anilines is 1. The number of nitrogens with zero attached hydrogens (tertiary/aromatic N) is 4. The first kappa shape index (κ1) is 17.3. The third-order valence-corrected chi connectivity index (χ3v) is 5.42. The molecule has 4 aromatic rings. The molecule has 8 heteroatoms. The van der Waals surface area contributed by atoms with E-state index in [1.54, 1.807) is 12.4 Å². The Morgan fingerprint density at radius 2 is 2.00 bits per heavy atom. The van der Waals surface area contributed by atoms with Gasteiger partial charge in [0.05, 0.1) is 28.6 Å². The van der Waals surface area contributed by atoms with Crippen molar-refractivity contribution in [2.45, 2.75) is 25.8 Å². The summed E-state index contributed by atoms with van der Waals surface area (Å²) in [5.74, 6) is 0.585. The van der Waals surface area contributed by atoms with E-state index in [9.17, 15) is 0 Å². The van der Waals surface area contributed by atoms with Gasteiger partial charge >= 0.3 is 0 Å². The minimum Gasteiger partial charge on any atom is -0.381 e. The molecule has 142 valence electrons. The Hall–Kier alpha value is -2.77. The third-order valence-electron chi connectivity index (χ3n) is 5.14. The number of rotatable bonds is 3. The van der Waals surface area contributed by atoms with E-state index in [2.05, 4.69) is 31.5 Å². The molecular weight excluding hydrogens is 376 g/mol. The molecule has 1 saturated heterocycles. The molecule has 0 saturated carbocycles. The maximum absolute atomic E-state index is 6.45. The molecule has 1 aliphatic rings. The number of ether oxygens (including phenoxy) is 1. The normalized spacial score (nSPS) is 15.4. The van der Waals surface area contributed by atoms with Gasteiger partial charge in [0.15, 0.2) is 0 Å². The van der Waals surface area contributed by atoms with Gasteiger partial charge in [-0.1, -0.05) is 17.7 Å². The van der Waals surface area contributed by atoms with E-state index in [0.717, 1.165) is 59.1 Å². The van der Waals surface area contributed by atoms with E-state index < -0.39 is 0 Å². The van der Waals surface area contributed by atoms with E-state index in [-0.39, 0.29) is 0 Å². The van der Waals surface area contributed by atoms with Crippen molar-refractivity contribution in [3.8, 4) is 11.3 Å². The molecule has 3 aromatic heterocycles. The third kappa shape index (κ3) is 3.06. The fourth-order valence-electron chi connectivity index (χ4n) is 3.67. The van der Waals surface area contributed by atoms with Gasteiger partial charge in [0.2, 0.25) is 5.95 Å². The maximum atomic E-state index is 6.45. The number of H-pyrrole nitrogens is 1. The van der Waals surface area contributed by atoms with Crippen molar-refractivity contribution in [2.75, 3.05) is 18.5 Å².